The molecule has 3 N–H and O–H groups in total. The van der Waals surface area contributed by atoms with Crippen LogP contribution in [0.5, 0.6) is 5.75 Å². The maximum absolute atomic E-state index is 12.7. The molecule has 0 aliphatic carbocycles. The van der Waals surface area contributed by atoms with E-state index in [1.165, 1.54) is 10.9 Å². The van der Waals surface area contributed by atoms with Crippen LogP contribution in [0.1, 0.15) is 15.9 Å². The second-order valence-corrected chi connectivity index (χ2v) is 7.01. The fourth-order valence-electron chi connectivity index (χ4n) is 3.32. The molecule has 4 aromatic rings. The van der Waals surface area contributed by atoms with Gasteiger partial charge in [-0.25, -0.2) is 0 Å². The molecule has 0 radical (unpaired) electrons. The lowest BCUT2D eigenvalue weighted by atomic mass is 10.1. The van der Waals surface area contributed by atoms with Crippen LogP contribution in [0.4, 0.5) is 5.69 Å². The van der Waals surface area contributed by atoms with Crippen molar-refractivity contribution < 1.29 is 9.53 Å². The lowest BCUT2D eigenvalue weighted by Gasteiger charge is -2.12. The van der Waals surface area contributed by atoms with Crippen molar-refractivity contribution in [3.05, 3.63) is 96.2 Å². The highest BCUT2D eigenvalue weighted by Crippen LogP contribution is 2.18. The molecule has 0 saturated carbocycles. The molecule has 3 aromatic carbocycles. The Labute approximate surface area is 181 Å². The lowest BCUT2D eigenvalue weighted by molar-refractivity contribution is 0.0977. The highest BCUT2D eigenvalue weighted by atomic mass is 16.5. The number of methoxy groups -OCH3 is 1. The molecule has 0 bridgehead atoms. The van der Waals surface area contributed by atoms with Gasteiger partial charge in [-0.15, -0.1) is 0 Å². The number of aromatic nitrogens is 1. The van der Waals surface area contributed by atoms with Crippen LogP contribution in [0.2, 0.25) is 0 Å². The van der Waals surface area contributed by atoms with Crippen LogP contribution in [0.25, 0.3) is 10.9 Å². The molecule has 4 rings (SSSR count). The van der Waals surface area contributed by atoms with Gasteiger partial charge < -0.3 is 15.0 Å². The predicted molar refractivity (Wildman–Crippen MR) is 125 cm³/mol. The zero-order valence-electron chi connectivity index (χ0n) is 17.3. The van der Waals surface area contributed by atoms with Crippen LogP contribution in [0.15, 0.2) is 90.1 Å². The minimum atomic E-state index is -0.239. The van der Waals surface area contributed by atoms with Crippen LogP contribution < -0.4 is 15.4 Å². The quantitative estimate of drug-likeness (QED) is 0.319. The van der Waals surface area contributed by atoms with Gasteiger partial charge in [0.2, 0.25) is 5.96 Å². The highest BCUT2D eigenvalue weighted by Gasteiger charge is 2.10. The Balaban J connectivity index is 1.49. The van der Waals surface area contributed by atoms with Crippen LogP contribution in [0.3, 0.4) is 0 Å². The van der Waals surface area contributed by atoms with Gasteiger partial charge in [-0.05, 0) is 54.4 Å². The van der Waals surface area contributed by atoms with E-state index in [4.69, 9.17) is 4.74 Å². The summed E-state index contributed by atoms with van der Waals surface area (Å²) in [5.74, 6) is 0.871. The van der Waals surface area contributed by atoms with E-state index in [-0.39, 0.29) is 5.91 Å². The third-order valence-electron chi connectivity index (χ3n) is 4.95. The minimum absolute atomic E-state index is 0.239. The normalized spacial score (nSPS) is 11.3. The number of rotatable bonds is 6. The first-order valence-electron chi connectivity index (χ1n) is 10.1. The summed E-state index contributed by atoms with van der Waals surface area (Å²) in [5, 5.41) is 7.29. The molecule has 0 unspecified atom stereocenters. The summed E-state index contributed by atoms with van der Waals surface area (Å²) < 4.78 is 5.16. The molecular weight excluding hydrogens is 388 g/mol. The van der Waals surface area contributed by atoms with Gasteiger partial charge in [0.15, 0.2) is 0 Å². The number of fused-ring (bicyclic) bond motifs is 1. The number of amides is 1. The van der Waals surface area contributed by atoms with Crippen LogP contribution in [-0.4, -0.2) is 30.5 Å². The average Bonchev–Trinajstić information content (AvgIpc) is 3.23. The fourth-order valence-corrected chi connectivity index (χ4v) is 3.32. The van der Waals surface area contributed by atoms with E-state index >= 15 is 0 Å². The summed E-state index contributed by atoms with van der Waals surface area (Å²) in [7, 11) is 1.59. The fraction of sp³-hybridized carbons (Fsp3) is 0.120. The largest absolute Gasteiger partial charge is 0.497 e. The number of aliphatic imine (C=N–C) groups is 1. The maximum Gasteiger partial charge on any atom is 0.257 e. The molecule has 1 aromatic heterocycles. The van der Waals surface area contributed by atoms with Crippen LogP contribution in [-0.2, 0) is 6.42 Å². The van der Waals surface area contributed by atoms with Crippen LogP contribution >= 0.6 is 0 Å². The van der Waals surface area contributed by atoms with Gasteiger partial charge in [0.1, 0.15) is 5.75 Å². The van der Waals surface area contributed by atoms with Gasteiger partial charge in [-0.1, -0.05) is 36.4 Å². The van der Waals surface area contributed by atoms with E-state index in [2.05, 4.69) is 32.7 Å². The number of guanidine groups is 1. The van der Waals surface area contributed by atoms with E-state index in [1.807, 2.05) is 48.7 Å². The molecule has 6 nitrogen and oxygen atoms in total. The number of aromatic amines is 1. The first kappa shape index (κ1) is 20.2. The number of nitrogens with zero attached hydrogens (tertiary/aromatic N) is 1. The smallest absolute Gasteiger partial charge is 0.257 e. The van der Waals surface area contributed by atoms with Gasteiger partial charge in [-0.3, -0.25) is 15.1 Å². The van der Waals surface area contributed by atoms with Crippen molar-refractivity contribution in [2.75, 3.05) is 19.0 Å². The standard InChI is InChI=1S/C25H24N4O2/c1-31-21-13-11-18(12-14-21)24(30)29-25(28-20-7-3-2-4-8-20)26-16-15-19-17-27-23-10-6-5-9-22(19)23/h2-14,17,27H,15-16H2,1H3,(H2,26,28,29,30). The van der Waals surface area contributed by atoms with Crippen molar-refractivity contribution in [3.8, 4) is 5.75 Å². The first-order valence-corrected chi connectivity index (χ1v) is 10.1. The van der Waals surface area contributed by atoms with Crippen molar-refractivity contribution in [1.29, 1.82) is 0 Å². The molecule has 31 heavy (non-hydrogen) atoms. The van der Waals surface area contributed by atoms with Crippen molar-refractivity contribution in [2.45, 2.75) is 6.42 Å². The lowest BCUT2D eigenvalue weighted by Crippen LogP contribution is -2.36. The van der Waals surface area contributed by atoms with E-state index in [0.29, 0.717) is 23.8 Å². The zero-order chi connectivity index (χ0) is 21.5. The van der Waals surface area contributed by atoms with Gasteiger partial charge in [0.05, 0.1) is 7.11 Å². The number of H-pyrrole nitrogens is 1. The number of hydrogen-bond acceptors (Lipinski definition) is 3. The third-order valence-corrected chi connectivity index (χ3v) is 4.95. The van der Waals surface area contributed by atoms with Crippen molar-refractivity contribution in [3.63, 3.8) is 0 Å². The third kappa shape index (κ3) is 5.11. The molecule has 0 atom stereocenters. The molecule has 0 saturated heterocycles. The van der Waals surface area contributed by atoms with Crippen molar-refractivity contribution in [2.24, 2.45) is 4.99 Å². The predicted octanol–water partition coefficient (Wildman–Crippen LogP) is 4.62. The Morgan fingerprint density at radius 1 is 0.968 bits per heavy atom. The molecule has 156 valence electrons. The molecular formula is C25H24N4O2. The Morgan fingerprint density at radius 2 is 1.71 bits per heavy atom. The molecule has 1 heterocycles. The Hall–Kier alpha value is -4.06. The summed E-state index contributed by atoms with van der Waals surface area (Å²) in [6.45, 7) is 0.528. The second kappa shape index (κ2) is 9.63. The monoisotopic (exact) mass is 412 g/mol. The highest BCUT2D eigenvalue weighted by molar-refractivity contribution is 6.10. The van der Waals surface area contributed by atoms with Crippen molar-refractivity contribution in [1.82, 2.24) is 10.3 Å². The van der Waals surface area contributed by atoms with E-state index in [0.717, 1.165) is 17.6 Å². The maximum atomic E-state index is 12.7. The molecule has 0 aliphatic rings. The van der Waals surface area contributed by atoms with Crippen molar-refractivity contribution >= 4 is 28.5 Å². The number of carbonyl (C=O) groups excluding carboxylic acids is 1. The second-order valence-electron chi connectivity index (χ2n) is 7.01. The molecule has 0 aliphatic heterocycles. The zero-order valence-corrected chi connectivity index (χ0v) is 17.3. The topological polar surface area (TPSA) is 78.5 Å². The number of carbonyl (C=O) groups is 1. The molecule has 6 heteroatoms. The number of nitrogens with one attached hydrogen (secondary N) is 3. The number of anilines is 1. The Bertz CT molecular complexity index is 1180. The summed E-state index contributed by atoms with van der Waals surface area (Å²) in [4.78, 5) is 20.7. The van der Waals surface area contributed by atoms with Gasteiger partial charge >= 0.3 is 0 Å². The number of ether oxygens (including phenoxy) is 1. The summed E-state index contributed by atoms with van der Waals surface area (Å²) in [6, 6.07) is 24.8. The minimum Gasteiger partial charge on any atom is -0.497 e. The Kier molecular flexibility index (Phi) is 6.28. The number of para-hydroxylation sites is 2. The van der Waals surface area contributed by atoms with Crippen LogP contribution in [0, 0.1) is 0 Å². The molecule has 0 spiro atoms. The summed E-state index contributed by atoms with van der Waals surface area (Å²) in [6.07, 6.45) is 2.77. The van der Waals surface area contributed by atoms with Gasteiger partial charge in [0, 0.05) is 34.9 Å². The Morgan fingerprint density at radius 3 is 2.48 bits per heavy atom. The SMILES string of the molecule is COc1ccc(C(=O)NC(=NCCc2c[nH]c3ccccc23)Nc2ccccc2)cc1. The van der Waals surface area contributed by atoms with Gasteiger partial charge in [-0.2, -0.15) is 0 Å². The molecule has 0 fully saturated rings. The number of benzene rings is 3. The molecule has 1 amide bonds. The van der Waals surface area contributed by atoms with E-state index < -0.39 is 0 Å². The summed E-state index contributed by atoms with van der Waals surface area (Å²) in [5.41, 5.74) is 3.68. The average molecular weight is 412 g/mol. The van der Waals surface area contributed by atoms with E-state index in [9.17, 15) is 4.79 Å². The summed E-state index contributed by atoms with van der Waals surface area (Å²) >= 11 is 0. The number of hydrogen-bond donors (Lipinski definition) is 3. The first-order chi connectivity index (χ1) is 15.2. The van der Waals surface area contributed by atoms with E-state index in [1.54, 1.807) is 31.4 Å². The van der Waals surface area contributed by atoms with Gasteiger partial charge in [0.25, 0.3) is 5.91 Å².